The minimum atomic E-state index is -0.988. The van der Waals surface area contributed by atoms with E-state index in [9.17, 15) is 9.59 Å². The molecule has 1 saturated carbocycles. The van der Waals surface area contributed by atoms with Crippen molar-refractivity contribution in [2.24, 2.45) is 5.92 Å². The SMILES string of the molecule is CC(=O)C12CC1CC(C)(C(=O)Nc1cccc(Br)n1)N2n1c2ccccc2c2cncnc21. The lowest BCUT2D eigenvalue weighted by Gasteiger charge is -2.42. The van der Waals surface area contributed by atoms with Crippen LogP contribution in [0.1, 0.15) is 26.7 Å². The van der Waals surface area contributed by atoms with Gasteiger partial charge < -0.3 is 5.32 Å². The maximum Gasteiger partial charge on any atom is 0.252 e. The fraction of sp³-hybridized carbons (Fsp3) is 0.292. The molecule has 8 nitrogen and oxygen atoms in total. The second kappa shape index (κ2) is 6.84. The second-order valence-electron chi connectivity index (χ2n) is 9.06. The van der Waals surface area contributed by atoms with Crippen molar-refractivity contribution >= 4 is 55.4 Å². The first-order valence-electron chi connectivity index (χ1n) is 10.8. The van der Waals surface area contributed by atoms with Crippen molar-refractivity contribution in [3.8, 4) is 0 Å². The summed E-state index contributed by atoms with van der Waals surface area (Å²) in [5, 5.41) is 6.82. The molecular formula is C24H21BrN6O2. The number of nitrogens with one attached hydrogen (secondary N) is 1. The van der Waals surface area contributed by atoms with E-state index in [-0.39, 0.29) is 17.6 Å². The number of aromatic nitrogens is 4. The van der Waals surface area contributed by atoms with E-state index >= 15 is 0 Å². The van der Waals surface area contributed by atoms with Crippen molar-refractivity contribution in [3.63, 3.8) is 0 Å². The van der Waals surface area contributed by atoms with E-state index in [1.165, 1.54) is 6.33 Å². The first kappa shape index (κ1) is 20.3. The lowest BCUT2D eigenvalue weighted by atomic mass is 9.96. The average Bonchev–Trinajstić information content (AvgIpc) is 3.32. The van der Waals surface area contributed by atoms with Crippen LogP contribution < -0.4 is 10.3 Å². The summed E-state index contributed by atoms with van der Waals surface area (Å²) in [6.07, 6.45) is 4.57. The number of halogens is 1. The zero-order valence-electron chi connectivity index (χ0n) is 18.1. The first-order chi connectivity index (χ1) is 15.9. The van der Waals surface area contributed by atoms with Gasteiger partial charge in [-0.25, -0.2) is 19.6 Å². The molecule has 1 N–H and O–H groups in total. The van der Waals surface area contributed by atoms with E-state index in [1.54, 1.807) is 25.3 Å². The fourth-order valence-electron chi connectivity index (χ4n) is 5.61. The Balaban J connectivity index is 1.56. The fourth-order valence-corrected chi connectivity index (χ4v) is 5.95. The summed E-state index contributed by atoms with van der Waals surface area (Å²) >= 11 is 3.36. The number of para-hydroxylation sites is 1. The Hall–Kier alpha value is -3.33. The van der Waals surface area contributed by atoms with Crippen LogP contribution in [0.3, 0.4) is 0 Å². The summed E-state index contributed by atoms with van der Waals surface area (Å²) in [4.78, 5) is 40.0. The first-order valence-corrected chi connectivity index (χ1v) is 11.6. The summed E-state index contributed by atoms with van der Waals surface area (Å²) in [5.74, 6) is 0.405. The predicted octanol–water partition coefficient (Wildman–Crippen LogP) is 3.83. The van der Waals surface area contributed by atoms with Crippen LogP contribution in [0.25, 0.3) is 21.9 Å². The zero-order chi connectivity index (χ0) is 23.0. The van der Waals surface area contributed by atoms with Gasteiger partial charge in [-0.3, -0.25) is 14.6 Å². The van der Waals surface area contributed by atoms with Crippen LogP contribution in [0.15, 0.2) is 59.6 Å². The van der Waals surface area contributed by atoms with Crippen LogP contribution in [0, 0.1) is 5.92 Å². The quantitative estimate of drug-likeness (QED) is 0.424. The van der Waals surface area contributed by atoms with E-state index in [2.05, 4.69) is 36.2 Å². The number of carbonyl (C=O) groups excluding carboxylic acids is 2. The molecule has 0 spiro atoms. The van der Waals surface area contributed by atoms with Crippen molar-refractivity contribution in [1.82, 2.24) is 19.6 Å². The van der Waals surface area contributed by atoms with Crippen molar-refractivity contribution in [1.29, 1.82) is 0 Å². The molecule has 6 rings (SSSR count). The standard InChI is InChI=1S/C24H21BrN6O2/c1-14(32)24-11-15(24)10-23(2,22(33)29-20-9-5-8-19(25)28-20)31(24)30-18-7-4-3-6-16(18)17-12-26-13-27-21(17)30/h3-9,12-13,15H,10-11H2,1-2H3,(H,28,29,33). The molecule has 3 aromatic heterocycles. The maximum absolute atomic E-state index is 13.8. The molecule has 0 bridgehead atoms. The predicted molar refractivity (Wildman–Crippen MR) is 128 cm³/mol. The number of ketones is 1. The Morgan fingerprint density at radius 2 is 1.94 bits per heavy atom. The highest BCUT2D eigenvalue weighted by atomic mass is 79.9. The molecular weight excluding hydrogens is 484 g/mol. The van der Waals surface area contributed by atoms with Crippen molar-refractivity contribution < 1.29 is 9.59 Å². The highest BCUT2D eigenvalue weighted by molar-refractivity contribution is 9.10. The van der Waals surface area contributed by atoms with Crippen molar-refractivity contribution in [2.45, 2.75) is 37.8 Å². The molecule has 4 aromatic rings. The van der Waals surface area contributed by atoms with Gasteiger partial charge in [0.05, 0.1) is 5.52 Å². The molecule has 1 aliphatic heterocycles. The van der Waals surface area contributed by atoms with Gasteiger partial charge in [0.25, 0.3) is 5.91 Å². The highest BCUT2D eigenvalue weighted by Crippen LogP contribution is 2.61. The molecule has 2 fully saturated rings. The molecule has 166 valence electrons. The van der Waals surface area contributed by atoms with E-state index in [0.29, 0.717) is 22.5 Å². The van der Waals surface area contributed by atoms with Crippen LogP contribution >= 0.6 is 15.9 Å². The molecule has 1 amide bonds. The van der Waals surface area contributed by atoms with Gasteiger partial charge in [0, 0.05) is 17.0 Å². The van der Waals surface area contributed by atoms with Crippen molar-refractivity contribution in [3.05, 3.63) is 59.6 Å². The Morgan fingerprint density at radius 3 is 2.73 bits per heavy atom. The Bertz CT molecular complexity index is 1410. The van der Waals surface area contributed by atoms with Crippen LogP contribution in [-0.4, -0.2) is 42.4 Å². The molecule has 3 atom stereocenters. The van der Waals surface area contributed by atoms with E-state index in [0.717, 1.165) is 22.7 Å². The number of carbonyl (C=O) groups is 2. The number of Topliss-reactive ketones (excluding diaryl/α,β-unsaturated/α-hetero) is 1. The van der Waals surface area contributed by atoms with Crippen LogP contribution in [0.5, 0.6) is 0 Å². The van der Waals surface area contributed by atoms with Gasteiger partial charge in [-0.1, -0.05) is 24.3 Å². The van der Waals surface area contributed by atoms with Gasteiger partial charge >= 0.3 is 0 Å². The number of hydrogen-bond donors (Lipinski definition) is 1. The molecule has 1 aliphatic carbocycles. The molecule has 0 radical (unpaired) electrons. The molecule has 9 heteroatoms. The third-order valence-corrected chi connectivity index (χ3v) is 7.57. The summed E-state index contributed by atoms with van der Waals surface area (Å²) in [6, 6.07) is 13.3. The number of pyridine rings is 1. The number of benzene rings is 1. The van der Waals surface area contributed by atoms with Gasteiger partial charge in [0.15, 0.2) is 11.4 Å². The molecule has 1 aromatic carbocycles. The van der Waals surface area contributed by atoms with Crippen LogP contribution in [0.4, 0.5) is 5.82 Å². The van der Waals surface area contributed by atoms with Crippen molar-refractivity contribution in [2.75, 3.05) is 10.3 Å². The smallest absolute Gasteiger partial charge is 0.252 e. The van der Waals surface area contributed by atoms with E-state index < -0.39 is 11.1 Å². The molecule has 3 unspecified atom stereocenters. The third kappa shape index (κ3) is 2.71. The molecule has 2 aliphatic rings. The summed E-state index contributed by atoms with van der Waals surface area (Å²) < 4.78 is 2.60. The Kier molecular flexibility index (Phi) is 4.20. The molecule has 33 heavy (non-hydrogen) atoms. The van der Waals surface area contributed by atoms with Gasteiger partial charge in [-0.2, -0.15) is 0 Å². The summed E-state index contributed by atoms with van der Waals surface area (Å²) in [7, 11) is 0. The van der Waals surface area contributed by atoms with Crippen LogP contribution in [-0.2, 0) is 9.59 Å². The largest absolute Gasteiger partial charge is 0.309 e. The number of amides is 1. The van der Waals surface area contributed by atoms with Gasteiger partial charge in [-0.15, -0.1) is 0 Å². The second-order valence-corrected chi connectivity index (χ2v) is 9.87. The minimum absolute atomic E-state index is 0.0598. The molecule has 4 heterocycles. The lowest BCUT2D eigenvalue weighted by molar-refractivity contribution is -0.122. The van der Waals surface area contributed by atoms with Gasteiger partial charge in [0.2, 0.25) is 0 Å². The Morgan fingerprint density at radius 1 is 1.12 bits per heavy atom. The zero-order valence-corrected chi connectivity index (χ0v) is 19.7. The van der Waals surface area contributed by atoms with Gasteiger partial charge in [-0.05, 0) is 66.7 Å². The normalized spacial score (nSPS) is 25.9. The topological polar surface area (TPSA) is 93.0 Å². The van der Waals surface area contributed by atoms with E-state index in [4.69, 9.17) is 0 Å². The third-order valence-electron chi connectivity index (χ3n) is 7.13. The molecule has 1 saturated heterocycles. The summed E-state index contributed by atoms with van der Waals surface area (Å²) in [5.41, 5.74) is -0.158. The number of fused-ring (bicyclic) bond motifs is 4. The number of piperidine rings is 1. The monoisotopic (exact) mass is 504 g/mol. The number of anilines is 1. The Labute approximate surface area is 198 Å². The number of nitrogens with zero attached hydrogens (tertiary/aromatic N) is 5. The van der Waals surface area contributed by atoms with E-state index in [1.807, 2.05) is 46.9 Å². The maximum atomic E-state index is 13.8. The lowest BCUT2D eigenvalue weighted by Crippen LogP contribution is -2.63. The minimum Gasteiger partial charge on any atom is -0.309 e. The average molecular weight is 505 g/mol. The summed E-state index contributed by atoms with van der Waals surface area (Å²) in [6.45, 7) is 3.52. The van der Waals surface area contributed by atoms with Gasteiger partial charge in [0.1, 0.15) is 27.8 Å². The highest BCUT2D eigenvalue weighted by Gasteiger charge is 2.74. The number of hydrogen-bond acceptors (Lipinski definition) is 6. The van der Waals surface area contributed by atoms with Crippen LogP contribution in [0.2, 0.25) is 0 Å². The number of rotatable bonds is 4.